The molecule has 0 spiro atoms. The number of nitrogens with zero attached hydrogens (tertiary/aromatic N) is 1. The smallest absolute Gasteiger partial charge is 0.213 e. The van der Waals surface area contributed by atoms with Crippen LogP contribution in [0.5, 0.6) is 5.75 Å². The monoisotopic (exact) mass is 298 g/mol. The van der Waals surface area contributed by atoms with Gasteiger partial charge in [-0.05, 0) is 44.0 Å². The second kappa shape index (κ2) is 6.11. The van der Waals surface area contributed by atoms with Crippen LogP contribution in [-0.2, 0) is 16.4 Å². The number of sulfonamides is 1. The van der Waals surface area contributed by atoms with Gasteiger partial charge in [-0.3, -0.25) is 4.90 Å². The molecule has 20 heavy (non-hydrogen) atoms. The molecule has 1 aliphatic rings. The van der Waals surface area contributed by atoms with Crippen LogP contribution in [0.15, 0.2) is 24.3 Å². The van der Waals surface area contributed by atoms with E-state index in [0.717, 1.165) is 24.3 Å². The molecule has 6 heteroatoms. The van der Waals surface area contributed by atoms with Gasteiger partial charge in [0.15, 0.2) is 0 Å². The lowest BCUT2D eigenvalue weighted by atomic mass is 10.0. The predicted octanol–water partition coefficient (Wildman–Crippen LogP) is 0.989. The molecular formula is C14H22N2O3S. The largest absolute Gasteiger partial charge is 0.497 e. The van der Waals surface area contributed by atoms with E-state index in [-0.39, 0.29) is 0 Å². The first-order valence-corrected chi connectivity index (χ1v) is 8.39. The van der Waals surface area contributed by atoms with Crippen molar-refractivity contribution in [2.75, 3.05) is 20.2 Å². The van der Waals surface area contributed by atoms with Crippen LogP contribution < -0.4 is 9.88 Å². The molecule has 1 aromatic rings. The van der Waals surface area contributed by atoms with E-state index in [9.17, 15) is 8.42 Å². The highest BCUT2D eigenvalue weighted by Crippen LogP contribution is 2.20. The van der Waals surface area contributed by atoms with Gasteiger partial charge in [0, 0.05) is 12.6 Å². The molecule has 1 fully saturated rings. The van der Waals surface area contributed by atoms with E-state index in [1.54, 1.807) is 7.11 Å². The first-order valence-electron chi connectivity index (χ1n) is 6.78. The first-order chi connectivity index (χ1) is 9.40. The van der Waals surface area contributed by atoms with Crippen molar-refractivity contribution in [2.45, 2.75) is 31.1 Å². The lowest BCUT2D eigenvalue weighted by Gasteiger charge is -2.40. The average molecular weight is 298 g/mol. The van der Waals surface area contributed by atoms with Crippen LogP contribution in [-0.4, -0.2) is 44.8 Å². The number of likely N-dealkylation sites (tertiary alicyclic amines) is 1. The van der Waals surface area contributed by atoms with Crippen molar-refractivity contribution in [1.29, 1.82) is 0 Å². The van der Waals surface area contributed by atoms with Gasteiger partial charge in [0.25, 0.3) is 0 Å². The number of hydrogen-bond acceptors (Lipinski definition) is 4. The molecule has 2 atom stereocenters. The summed E-state index contributed by atoms with van der Waals surface area (Å²) in [5, 5.41) is 4.82. The summed E-state index contributed by atoms with van der Waals surface area (Å²) in [4.78, 5) is 2.17. The average Bonchev–Trinajstić information content (AvgIpc) is 2.41. The summed E-state index contributed by atoms with van der Waals surface area (Å²) in [5.74, 6) is 0.761. The normalized spacial score (nSPS) is 21.2. The van der Waals surface area contributed by atoms with Gasteiger partial charge in [-0.15, -0.1) is 0 Å². The van der Waals surface area contributed by atoms with E-state index in [1.807, 2.05) is 24.3 Å². The summed E-state index contributed by atoms with van der Waals surface area (Å²) in [5.41, 5.74) is 0.956. The van der Waals surface area contributed by atoms with Gasteiger partial charge in [0.2, 0.25) is 10.0 Å². The molecule has 0 radical (unpaired) electrons. The SMILES string of the molecule is COc1ccc(CC(CN2CCC2C)S(N)(=O)=O)cc1. The van der Waals surface area contributed by atoms with Crippen LogP contribution in [0.25, 0.3) is 0 Å². The Morgan fingerprint density at radius 2 is 2.05 bits per heavy atom. The zero-order chi connectivity index (χ0) is 14.8. The molecule has 0 aromatic heterocycles. The minimum absolute atomic E-state index is 0.437. The van der Waals surface area contributed by atoms with E-state index < -0.39 is 15.3 Å². The van der Waals surface area contributed by atoms with Crippen LogP contribution in [0.3, 0.4) is 0 Å². The minimum atomic E-state index is -3.55. The predicted molar refractivity (Wildman–Crippen MR) is 79.2 cm³/mol. The molecule has 0 saturated carbocycles. The maximum Gasteiger partial charge on any atom is 0.213 e. The molecular weight excluding hydrogens is 276 g/mol. The zero-order valence-corrected chi connectivity index (χ0v) is 12.8. The zero-order valence-electron chi connectivity index (χ0n) is 12.0. The fourth-order valence-electron chi connectivity index (χ4n) is 2.41. The van der Waals surface area contributed by atoms with Crippen LogP contribution in [0.2, 0.25) is 0 Å². The molecule has 112 valence electrons. The van der Waals surface area contributed by atoms with Crippen molar-refractivity contribution in [3.63, 3.8) is 0 Å². The van der Waals surface area contributed by atoms with Crippen LogP contribution in [0, 0.1) is 0 Å². The number of hydrogen-bond donors (Lipinski definition) is 1. The number of primary sulfonamides is 1. The molecule has 1 aromatic carbocycles. The summed E-state index contributed by atoms with van der Waals surface area (Å²) in [6.07, 6.45) is 1.56. The first kappa shape index (κ1) is 15.3. The van der Waals surface area contributed by atoms with Gasteiger partial charge in [-0.1, -0.05) is 12.1 Å². The van der Waals surface area contributed by atoms with E-state index in [0.29, 0.717) is 19.0 Å². The van der Waals surface area contributed by atoms with Crippen molar-refractivity contribution in [2.24, 2.45) is 5.14 Å². The number of benzene rings is 1. The fourth-order valence-corrected chi connectivity index (χ4v) is 3.24. The van der Waals surface area contributed by atoms with Gasteiger partial charge >= 0.3 is 0 Å². The second-order valence-corrected chi connectivity index (χ2v) is 7.24. The highest BCUT2D eigenvalue weighted by Gasteiger charge is 2.31. The van der Waals surface area contributed by atoms with Crippen LogP contribution in [0.4, 0.5) is 0 Å². The Labute approximate surface area is 120 Å². The minimum Gasteiger partial charge on any atom is -0.497 e. The highest BCUT2D eigenvalue weighted by molar-refractivity contribution is 7.89. The summed E-state index contributed by atoms with van der Waals surface area (Å²) in [6.45, 7) is 3.57. The van der Waals surface area contributed by atoms with Crippen molar-refractivity contribution < 1.29 is 13.2 Å². The van der Waals surface area contributed by atoms with E-state index in [1.165, 1.54) is 0 Å². The molecule has 0 aliphatic carbocycles. The number of nitrogens with two attached hydrogens (primary N) is 1. The van der Waals surface area contributed by atoms with Crippen LogP contribution >= 0.6 is 0 Å². The van der Waals surface area contributed by atoms with Gasteiger partial charge in [-0.25, -0.2) is 13.6 Å². The Bertz CT molecular complexity index is 542. The summed E-state index contributed by atoms with van der Waals surface area (Å²) in [6, 6.07) is 7.89. The Kier molecular flexibility index (Phi) is 4.67. The quantitative estimate of drug-likeness (QED) is 0.850. The summed E-state index contributed by atoms with van der Waals surface area (Å²) in [7, 11) is -1.94. The molecule has 0 amide bonds. The van der Waals surface area contributed by atoms with E-state index >= 15 is 0 Å². The summed E-state index contributed by atoms with van der Waals surface area (Å²) < 4.78 is 28.6. The van der Waals surface area contributed by atoms with Gasteiger partial charge in [-0.2, -0.15) is 0 Å². The maximum absolute atomic E-state index is 11.8. The molecule has 5 nitrogen and oxygen atoms in total. The Balaban J connectivity index is 2.06. The Morgan fingerprint density at radius 3 is 2.45 bits per heavy atom. The highest BCUT2D eigenvalue weighted by atomic mass is 32.2. The molecule has 2 rings (SSSR count). The molecule has 2 N–H and O–H groups in total. The van der Waals surface area contributed by atoms with E-state index in [4.69, 9.17) is 9.88 Å². The van der Waals surface area contributed by atoms with Crippen molar-refractivity contribution >= 4 is 10.0 Å². The third-order valence-corrected chi connectivity index (χ3v) is 5.23. The topological polar surface area (TPSA) is 72.6 Å². The maximum atomic E-state index is 11.8. The fraction of sp³-hybridized carbons (Fsp3) is 0.571. The van der Waals surface area contributed by atoms with Crippen LogP contribution in [0.1, 0.15) is 18.9 Å². The van der Waals surface area contributed by atoms with E-state index in [2.05, 4.69) is 11.8 Å². The number of ether oxygens (including phenoxy) is 1. The third kappa shape index (κ3) is 3.71. The van der Waals surface area contributed by atoms with Crippen molar-refractivity contribution in [1.82, 2.24) is 4.90 Å². The van der Waals surface area contributed by atoms with Gasteiger partial charge in [0.05, 0.1) is 12.4 Å². The third-order valence-electron chi connectivity index (χ3n) is 3.98. The molecule has 1 heterocycles. The Hall–Kier alpha value is -1.11. The van der Waals surface area contributed by atoms with Gasteiger partial charge < -0.3 is 4.74 Å². The lowest BCUT2D eigenvalue weighted by molar-refractivity contribution is 0.104. The van der Waals surface area contributed by atoms with Gasteiger partial charge in [0.1, 0.15) is 5.75 Å². The second-order valence-electron chi connectivity index (χ2n) is 5.40. The molecule has 1 saturated heterocycles. The standard InChI is InChI=1S/C14H22N2O3S/c1-11-7-8-16(11)10-14(20(15,17)18)9-12-3-5-13(19-2)6-4-12/h3-6,11,14H,7-10H2,1-2H3,(H2,15,17,18). The lowest BCUT2D eigenvalue weighted by Crippen LogP contribution is -2.51. The van der Waals surface area contributed by atoms with Crippen molar-refractivity contribution in [3.8, 4) is 5.75 Å². The molecule has 2 unspecified atom stereocenters. The summed E-state index contributed by atoms with van der Waals surface area (Å²) >= 11 is 0. The molecule has 1 aliphatic heterocycles. The number of methoxy groups -OCH3 is 1. The Morgan fingerprint density at radius 1 is 1.40 bits per heavy atom. The van der Waals surface area contributed by atoms with Crippen molar-refractivity contribution in [3.05, 3.63) is 29.8 Å². The number of rotatable bonds is 6. The molecule has 0 bridgehead atoms.